The van der Waals surface area contributed by atoms with Crippen molar-refractivity contribution in [3.63, 3.8) is 0 Å². The number of nitrogens with zero attached hydrogens (tertiary/aromatic N) is 7. The molecular weight excluding hydrogens is 599 g/mol. The summed E-state index contributed by atoms with van der Waals surface area (Å²) in [5.74, 6) is 0.971. The number of alkyl halides is 1. The fraction of sp³-hybridized carbons (Fsp3) is 0.516. The topological polar surface area (TPSA) is 134 Å². The van der Waals surface area contributed by atoms with Crippen molar-refractivity contribution in [3.8, 4) is 0 Å². The maximum atomic E-state index is 14.6. The van der Waals surface area contributed by atoms with Crippen molar-refractivity contribution >= 4 is 49.8 Å². The highest BCUT2D eigenvalue weighted by Crippen LogP contribution is 2.40. The van der Waals surface area contributed by atoms with Crippen LogP contribution in [0.25, 0.3) is 10.9 Å². The van der Waals surface area contributed by atoms with Crippen molar-refractivity contribution in [3.05, 3.63) is 49.1 Å². The van der Waals surface area contributed by atoms with E-state index < -0.39 is 22.1 Å². The predicted octanol–water partition coefficient (Wildman–Crippen LogP) is 3.45. The summed E-state index contributed by atoms with van der Waals surface area (Å²) in [5.41, 5.74) is 2.81. The number of carbonyl (C=O) groups excluding carboxylic acids is 1. The Labute approximate surface area is 262 Å². The molecule has 0 aromatic carbocycles. The van der Waals surface area contributed by atoms with Crippen molar-refractivity contribution < 1.29 is 22.3 Å². The molecule has 12 nitrogen and oxygen atoms in total. The van der Waals surface area contributed by atoms with E-state index in [1.54, 1.807) is 29.6 Å². The third-order valence-electron chi connectivity index (χ3n) is 9.20. The van der Waals surface area contributed by atoms with Gasteiger partial charge in [0.05, 0.1) is 42.0 Å². The third kappa shape index (κ3) is 6.30. The summed E-state index contributed by atoms with van der Waals surface area (Å²) in [6, 6.07) is 3.37. The Bertz CT molecular complexity index is 1710. The van der Waals surface area contributed by atoms with Gasteiger partial charge < -0.3 is 24.8 Å². The number of likely N-dealkylation sites (tertiary alicyclic amines) is 1. The number of hydrogen-bond donors (Lipinski definition) is 1. The molecule has 45 heavy (non-hydrogen) atoms. The van der Waals surface area contributed by atoms with Crippen LogP contribution in [0.3, 0.4) is 0 Å². The molecule has 0 bridgehead atoms. The smallest absolute Gasteiger partial charge is 0.246 e. The minimum atomic E-state index is -3.10. The second kappa shape index (κ2) is 12.5. The van der Waals surface area contributed by atoms with Gasteiger partial charge in [-0.1, -0.05) is 6.58 Å². The molecular formula is C31H39FN8O4S. The fourth-order valence-corrected chi connectivity index (χ4v) is 7.89. The summed E-state index contributed by atoms with van der Waals surface area (Å²) in [7, 11) is -1.57. The molecule has 1 N–H and O–H groups in total. The van der Waals surface area contributed by atoms with Gasteiger partial charge in [-0.25, -0.2) is 27.8 Å². The van der Waals surface area contributed by atoms with Gasteiger partial charge in [0, 0.05) is 74.5 Å². The number of nitrogens with one attached hydrogen (secondary N) is 1. The number of sulfone groups is 1. The van der Waals surface area contributed by atoms with Gasteiger partial charge in [-0.05, 0) is 38.3 Å². The highest BCUT2D eigenvalue weighted by atomic mass is 32.2. The van der Waals surface area contributed by atoms with Crippen LogP contribution in [0.1, 0.15) is 37.9 Å². The molecule has 0 unspecified atom stereocenters. The largest absolute Gasteiger partial charge is 0.378 e. The SMILES string of the molecule is C=CC(=O)N1CCC[C@H]1c1ncc(N2C[C@H](CS(C)(=O)=O)[C@H]2C)c2cnc(Nc3ccnc(N4CC[C@@H](OC)[C@@H](F)C4)c3)nc12. The standard InChI is InChI=1S/C31H39FN8O4S/c1-5-28(41)39-11-6-7-24(39)30-29-22(25(15-34-30)40-16-20(19(40)2)18-45(4,42)43)14-35-31(37-29)36-21-8-10-33-27(13-21)38-12-9-26(44-3)23(32)17-38/h5,8,10,13-15,19-20,23-24,26H,1,6-7,9,11-12,16-18H2,2-4H3,(H,33,35,36,37)/t19-,20-,23+,24+,26-/m1/s1. The van der Waals surface area contributed by atoms with Gasteiger partial charge in [-0.2, -0.15) is 0 Å². The Morgan fingerprint density at radius 2 is 2.02 bits per heavy atom. The summed E-state index contributed by atoms with van der Waals surface area (Å²) in [4.78, 5) is 37.4. The van der Waals surface area contributed by atoms with Crippen molar-refractivity contribution in [2.45, 2.75) is 50.5 Å². The Morgan fingerprint density at radius 3 is 2.73 bits per heavy atom. The molecule has 0 saturated carbocycles. The molecule has 3 saturated heterocycles. The van der Waals surface area contributed by atoms with Crippen molar-refractivity contribution in [1.82, 2.24) is 24.8 Å². The molecule has 5 atom stereocenters. The number of halogens is 1. The molecule has 0 aliphatic carbocycles. The minimum absolute atomic E-state index is 0.00758. The first-order valence-corrected chi connectivity index (χ1v) is 17.3. The van der Waals surface area contributed by atoms with Crippen LogP contribution in [0, 0.1) is 5.92 Å². The lowest BCUT2D eigenvalue weighted by Crippen LogP contribution is -2.57. The number of anilines is 4. The number of fused-ring (bicyclic) bond motifs is 1. The fourth-order valence-electron chi connectivity index (χ4n) is 6.73. The normalized spacial score (nSPS) is 25.3. The van der Waals surface area contributed by atoms with Gasteiger partial charge in [0.25, 0.3) is 0 Å². The summed E-state index contributed by atoms with van der Waals surface area (Å²) in [6.07, 6.45) is 8.42. The molecule has 14 heteroatoms. The Kier molecular flexibility index (Phi) is 8.61. The van der Waals surface area contributed by atoms with Crippen molar-refractivity contribution in [2.75, 3.05) is 60.4 Å². The highest BCUT2D eigenvalue weighted by molar-refractivity contribution is 7.90. The van der Waals surface area contributed by atoms with Crippen LogP contribution in [0.5, 0.6) is 0 Å². The molecule has 0 radical (unpaired) electrons. The van der Waals surface area contributed by atoms with E-state index in [-0.39, 0.29) is 36.2 Å². The molecule has 3 aliphatic heterocycles. The van der Waals surface area contributed by atoms with Crippen LogP contribution >= 0.6 is 0 Å². The number of rotatable bonds is 9. The highest BCUT2D eigenvalue weighted by Gasteiger charge is 2.39. The van der Waals surface area contributed by atoms with E-state index in [1.807, 2.05) is 17.9 Å². The van der Waals surface area contributed by atoms with Gasteiger partial charge in [-0.3, -0.25) is 9.78 Å². The van der Waals surface area contributed by atoms with Gasteiger partial charge in [-0.15, -0.1) is 0 Å². The zero-order valence-corrected chi connectivity index (χ0v) is 26.6. The zero-order valence-electron chi connectivity index (χ0n) is 25.8. The predicted molar refractivity (Wildman–Crippen MR) is 171 cm³/mol. The molecule has 240 valence electrons. The third-order valence-corrected chi connectivity index (χ3v) is 10.2. The number of pyridine rings is 2. The Balaban J connectivity index is 1.33. The lowest BCUT2D eigenvalue weighted by molar-refractivity contribution is -0.126. The van der Waals surface area contributed by atoms with E-state index in [9.17, 15) is 17.6 Å². The van der Waals surface area contributed by atoms with E-state index in [2.05, 4.69) is 26.8 Å². The van der Waals surface area contributed by atoms with Crippen LogP contribution in [-0.2, 0) is 19.4 Å². The average molecular weight is 639 g/mol. The van der Waals surface area contributed by atoms with Crippen molar-refractivity contribution in [1.29, 1.82) is 0 Å². The molecule has 3 fully saturated rings. The zero-order chi connectivity index (χ0) is 31.9. The van der Waals surface area contributed by atoms with Crippen molar-refractivity contribution in [2.24, 2.45) is 5.92 Å². The average Bonchev–Trinajstić information content (AvgIpc) is 3.51. The number of carbonyl (C=O) groups is 1. The first kappa shape index (κ1) is 31.1. The Hall–Kier alpha value is -3.91. The Morgan fingerprint density at radius 1 is 1.20 bits per heavy atom. The summed E-state index contributed by atoms with van der Waals surface area (Å²) in [5, 5.41) is 4.05. The van der Waals surface area contributed by atoms with Gasteiger partial charge in [0.2, 0.25) is 11.9 Å². The van der Waals surface area contributed by atoms with Crippen LogP contribution < -0.4 is 15.1 Å². The van der Waals surface area contributed by atoms with E-state index in [4.69, 9.17) is 14.7 Å². The number of hydrogen-bond acceptors (Lipinski definition) is 11. The second-order valence-electron chi connectivity index (χ2n) is 12.2. The number of methoxy groups -OCH3 is 1. The van der Waals surface area contributed by atoms with E-state index in [0.717, 1.165) is 23.9 Å². The number of ether oxygens (including phenoxy) is 1. The first-order valence-electron chi connectivity index (χ1n) is 15.2. The van der Waals surface area contributed by atoms with E-state index in [0.29, 0.717) is 54.7 Å². The van der Waals surface area contributed by atoms with Gasteiger partial charge >= 0.3 is 0 Å². The monoisotopic (exact) mass is 638 g/mol. The summed E-state index contributed by atoms with van der Waals surface area (Å²) < 4.78 is 43.7. The maximum absolute atomic E-state index is 14.6. The van der Waals surface area contributed by atoms with Crippen LogP contribution in [0.2, 0.25) is 0 Å². The first-order chi connectivity index (χ1) is 21.6. The maximum Gasteiger partial charge on any atom is 0.246 e. The second-order valence-corrected chi connectivity index (χ2v) is 14.4. The molecule has 3 aliphatic rings. The van der Waals surface area contributed by atoms with Crippen LogP contribution in [-0.4, -0.2) is 103 Å². The molecule has 6 heterocycles. The van der Waals surface area contributed by atoms with Gasteiger partial charge in [0.15, 0.2) is 0 Å². The molecule has 3 aromatic rings. The molecule has 1 amide bonds. The number of amides is 1. The summed E-state index contributed by atoms with van der Waals surface area (Å²) in [6.45, 7) is 7.69. The molecule has 3 aromatic heterocycles. The minimum Gasteiger partial charge on any atom is -0.378 e. The summed E-state index contributed by atoms with van der Waals surface area (Å²) >= 11 is 0. The quantitative estimate of drug-likeness (QED) is 0.346. The molecule has 6 rings (SSSR count). The molecule has 0 spiro atoms. The van der Waals surface area contributed by atoms with Crippen LogP contribution in [0.15, 0.2) is 43.4 Å². The van der Waals surface area contributed by atoms with Crippen LogP contribution in [0.4, 0.5) is 27.5 Å². The van der Waals surface area contributed by atoms with Gasteiger partial charge in [0.1, 0.15) is 27.3 Å². The van der Waals surface area contributed by atoms with E-state index >= 15 is 0 Å². The number of piperidine rings is 1. The number of aromatic nitrogens is 4. The lowest BCUT2D eigenvalue weighted by Gasteiger charge is -2.48. The van der Waals surface area contributed by atoms with E-state index in [1.165, 1.54) is 19.4 Å². The lowest BCUT2D eigenvalue weighted by atomic mass is 9.90.